The molecule has 1 aliphatic rings. The van der Waals surface area contributed by atoms with Crippen LogP contribution < -0.4 is 5.32 Å². The van der Waals surface area contributed by atoms with Crippen molar-refractivity contribution in [2.24, 2.45) is 0 Å². The molecule has 1 aromatic rings. The molecule has 2 rings (SSSR count). The van der Waals surface area contributed by atoms with Gasteiger partial charge in [-0.1, -0.05) is 12.1 Å². The number of carbonyl (C=O) groups is 1. The summed E-state index contributed by atoms with van der Waals surface area (Å²) in [6.07, 6.45) is 0.887. The van der Waals surface area contributed by atoms with Crippen LogP contribution in [0.5, 0.6) is 0 Å². The third-order valence-electron chi connectivity index (χ3n) is 2.75. The maximum Gasteiger partial charge on any atom is 0.319 e. The number of carbonyl (C=O) groups excluding carboxylic acids is 1. The smallest absolute Gasteiger partial charge is 0.319 e. The second-order valence-corrected chi connectivity index (χ2v) is 4.91. The fourth-order valence-electron chi connectivity index (χ4n) is 1.88. The third-order valence-corrected chi connectivity index (χ3v) is 3.91. The molecular formula is C12H14FNO2S. The molecule has 0 amide bonds. The van der Waals surface area contributed by atoms with Crippen LogP contribution in [0.15, 0.2) is 23.1 Å². The van der Waals surface area contributed by atoms with E-state index in [-0.39, 0.29) is 24.4 Å². The van der Waals surface area contributed by atoms with Gasteiger partial charge in [0.2, 0.25) is 0 Å². The molecule has 0 radical (unpaired) electrons. The van der Waals surface area contributed by atoms with Crippen LogP contribution in [-0.2, 0) is 9.53 Å². The lowest BCUT2D eigenvalue weighted by atomic mass is 10.0. The summed E-state index contributed by atoms with van der Waals surface area (Å²) in [6.45, 7) is 0.155. The van der Waals surface area contributed by atoms with Crippen LogP contribution in [0.2, 0.25) is 0 Å². The molecule has 0 saturated carbocycles. The summed E-state index contributed by atoms with van der Waals surface area (Å²) in [7, 11) is 1.36. The van der Waals surface area contributed by atoms with Gasteiger partial charge in [0.1, 0.15) is 5.82 Å². The molecule has 92 valence electrons. The summed E-state index contributed by atoms with van der Waals surface area (Å²) in [5.41, 5.74) is 0.935. The van der Waals surface area contributed by atoms with Gasteiger partial charge in [0, 0.05) is 10.9 Å². The van der Waals surface area contributed by atoms with E-state index in [4.69, 9.17) is 0 Å². The molecule has 1 atom stereocenters. The number of fused-ring (bicyclic) bond motifs is 1. The number of methoxy groups -OCH3 is 1. The highest BCUT2D eigenvalue weighted by atomic mass is 32.2. The molecule has 0 spiro atoms. The summed E-state index contributed by atoms with van der Waals surface area (Å²) in [5.74, 6) is 0.366. The van der Waals surface area contributed by atoms with Gasteiger partial charge in [-0.25, -0.2) is 4.39 Å². The van der Waals surface area contributed by atoms with Crippen molar-refractivity contribution in [1.29, 1.82) is 0 Å². The van der Waals surface area contributed by atoms with Crippen molar-refractivity contribution in [2.45, 2.75) is 17.4 Å². The van der Waals surface area contributed by atoms with Gasteiger partial charge in [0.25, 0.3) is 0 Å². The quantitative estimate of drug-likeness (QED) is 0.840. The third kappa shape index (κ3) is 2.79. The Kier molecular flexibility index (Phi) is 4.02. The van der Waals surface area contributed by atoms with E-state index >= 15 is 0 Å². The number of thioether (sulfide) groups is 1. The van der Waals surface area contributed by atoms with E-state index in [2.05, 4.69) is 10.1 Å². The minimum atomic E-state index is -0.304. The predicted molar refractivity (Wildman–Crippen MR) is 64.5 cm³/mol. The van der Waals surface area contributed by atoms with Crippen molar-refractivity contribution in [3.63, 3.8) is 0 Å². The van der Waals surface area contributed by atoms with Gasteiger partial charge in [-0.15, -0.1) is 11.8 Å². The predicted octanol–water partition coefficient (Wildman–Crippen LogP) is 2.13. The number of esters is 1. The maximum absolute atomic E-state index is 13.6. The standard InChI is InChI=1S/C12H14FNO2S/c1-16-11(15)7-14-10-5-6-17-12-8(10)3-2-4-9(12)13/h2-4,10,14H,5-7H2,1H3. The van der Waals surface area contributed by atoms with E-state index < -0.39 is 0 Å². The van der Waals surface area contributed by atoms with Gasteiger partial charge >= 0.3 is 5.97 Å². The Morgan fingerprint density at radius 2 is 2.47 bits per heavy atom. The fourth-order valence-corrected chi connectivity index (χ4v) is 3.02. The van der Waals surface area contributed by atoms with Crippen LogP contribution in [0.1, 0.15) is 18.0 Å². The molecule has 1 unspecified atom stereocenters. The molecule has 0 aliphatic carbocycles. The summed E-state index contributed by atoms with van der Waals surface area (Å²) in [4.78, 5) is 11.8. The molecule has 3 nitrogen and oxygen atoms in total. The second kappa shape index (κ2) is 5.51. The van der Waals surface area contributed by atoms with E-state index in [9.17, 15) is 9.18 Å². The van der Waals surface area contributed by atoms with Gasteiger partial charge < -0.3 is 4.74 Å². The zero-order valence-electron chi connectivity index (χ0n) is 9.53. The summed E-state index contributed by atoms with van der Waals surface area (Å²) < 4.78 is 18.1. The largest absolute Gasteiger partial charge is 0.468 e. The number of benzene rings is 1. The fraction of sp³-hybridized carbons (Fsp3) is 0.417. The number of nitrogens with one attached hydrogen (secondary N) is 1. The molecule has 0 fully saturated rings. The van der Waals surface area contributed by atoms with Crippen LogP contribution in [-0.4, -0.2) is 25.4 Å². The average molecular weight is 255 g/mol. The highest BCUT2D eigenvalue weighted by molar-refractivity contribution is 7.99. The highest BCUT2D eigenvalue weighted by Crippen LogP contribution is 2.37. The van der Waals surface area contributed by atoms with Gasteiger partial charge in [-0.3, -0.25) is 10.1 Å². The Labute approximate surface area is 104 Å². The average Bonchev–Trinajstić information content (AvgIpc) is 2.36. The van der Waals surface area contributed by atoms with E-state index in [1.807, 2.05) is 6.07 Å². The summed E-state index contributed by atoms with van der Waals surface area (Å²) in [5, 5.41) is 3.10. The number of hydrogen-bond donors (Lipinski definition) is 1. The Morgan fingerprint density at radius 1 is 1.65 bits per heavy atom. The van der Waals surface area contributed by atoms with Gasteiger partial charge in [-0.2, -0.15) is 0 Å². The number of halogens is 1. The minimum Gasteiger partial charge on any atom is -0.468 e. The van der Waals surface area contributed by atoms with Crippen molar-refractivity contribution in [3.8, 4) is 0 Å². The zero-order chi connectivity index (χ0) is 12.3. The van der Waals surface area contributed by atoms with Gasteiger partial charge in [0.05, 0.1) is 13.7 Å². The molecule has 1 aliphatic heterocycles. The van der Waals surface area contributed by atoms with Crippen LogP contribution in [0.4, 0.5) is 4.39 Å². The first-order valence-electron chi connectivity index (χ1n) is 5.44. The van der Waals surface area contributed by atoms with Gasteiger partial charge in [-0.05, 0) is 23.8 Å². The summed E-state index contributed by atoms with van der Waals surface area (Å²) in [6, 6.07) is 5.10. The highest BCUT2D eigenvalue weighted by Gasteiger charge is 2.23. The maximum atomic E-state index is 13.6. The molecule has 1 N–H and O–H groups in total. The van der Waals surface area contributed by atoms with Crippen molar-refractivity contribution in [2.75, 3.05) is 19.4 Å². The zero-order valence-corrected chi connectivity index (χ0v) is 10.3. The van der Waals surface area contributed by atoms with Crippen LogP contribution >= 0.6 is 11.8 Å². The molecule has 1 heterocycles. The minimum absolute atomic E-state index is 0.0287. The van der Waals surface area contributed by atoms with Crippen LogP contribution in [0.25, 0.3) is 0 Å². The van der Waals surface area contributed by atoms with Crippen LogP contribution in [0, 0.1) is 5.82 Å². The van der Waals surface area contributed by atoms with E-state index in [0.29, 0.717) is 4.90 Å². The van der Waals surface area contributed by atoms with Crippen molar-refractivity contribution in [3.05, 3.63) is 29.6 Å². The van der Waals surface area contributed by atoms with Gasteiger partial charge in [0.15, 0.2) is 0 Å². The van der Waals surface area contributed by atoms with Crippen molar-refractivity contribution < 1.29 is 13.9 Å². The summed E-state index contributed by atoms with van der Waals surface area (Å²) >= 11 is 1.53. The van der Waals surface area contributed by atoms with Crippen molar-refractivity contribution in [1.82, 2.24) is 5.32 Å². The SMILES string of the molecule is COC(=O)CNC1CCSc2c(F)cccc21. The number of hydrogen-bond acceptors (Lipinski definition) is 4. The molecule has 17 heavy (non-hydrogen) atoms. The monoisotopic (exact) mass is 255 g/mol. The lowest BCUT2D eigenvalue weighted by molar-refractivity contribution is -0.139. The first-order chi connectivity index (χ1) is 8.22. The molecule has 0 aromatic heterocycles. The Balaban J connectivity index is 2.12. The number of ether oxygens (including phenoxy) is 1. The van der Waals surface area contributed by atoms with E-state index in [0.717, 1.165) is 17.7 Å². The Morgan fingerprint density at radius 3 is 3.24 bits per heavy atom. The first kappa shape index (κ1) is 12.4. The molecular weight excluding hydrogens is 241 g/mol. The van der Waals surface area contributed by atoms with Crippen LogP contribution in [0.3, 0.4) is 0 Å². The first-order valence-corrected chi connectivity index (χ1v) is 6.42. The lowest BCUT2D eigenvalue weighted by Gasteiger charge is -2.25. The lowest BCUT2D eigenvalue weighted by Crippen LogP contribution is -2.30. The normalized spacial score (nSPS) is 18.6. The van der Waals surface area contributed by atoms with E-state index in [1.165, 1.54) is 24.9 Å². The van der Waals surface area contributed by atoms with E-state index in [1.54, 1.807) is 6.07 Å². The second-order valence-electron chi connectivity index (χ2n) is 3.80. The molecule has 5 heteroatoms. The topological polar surface area (TPSA) is 38.3 Å². The number of rotatable bonds is 3. The van der Waals surface area contributed by atoms with Crippen molar-refractivity contribution >= 4 is 17.7 Å². The molecule has 0 bridgehead atoms. The molecule has 1 aromatic carbocycles. The Hall–Kier alpha value is -1.07. The molecule has 0 saturated heterocycles. The Bertz CT molecular complexity index is 425.